The van der Waals surface area contributed by atoms with E-state index in [2.05, 4.69) is 0 Å². The minimum absolute atomic E-state index is 0.0279. The van der Waals surface area contributed by atoms with Gasteiger partial charge in [-0.15, -0.1) is 11.8 Å². The van der Waals surface area contributed by atoms with Crippen LogP contribution in [0.3, 0.4) is 0 Å². The van der Waals surface area contributed by atoms with Gasteiger partial charge in [0.05, 0.1) is 18.6 Å². The first kappa shape index (κ1) is 15.2. The summed E-state index contributed by atoms with van der Waals surface area (Å²) in [4.78, 5) is 14.0. The summed E-state index contributed by atoms with van der Waals surface area (Å²) >= 11 is 7.56. The van der Waals surface area contributed by atoms with E-state index >= 15 is 0 Å². The Morgan fingerprint density at radius 3 is 2.68 bits per heavy atom. The van der Waals surface area contributed by atoms with Crippen LogP contribution in [0, 0.1) is 5.82 Å². The van der Waals surface area contributed by atoms with E-state index in [9.17, 15) is 9.18 Å². The van der Waals surface area contributed by atoms with E-state index < -0.39 is 0 Å². The number of thioether (sulfide) groups is 1. The van der Waals surface area contributed by atoms with Gasteiger partial charge in [-0.25, -0.2) is 4.39 Å². The van der Waals surface area contributed by atoms with Gasteiger partial charge in [0.15, 0.2) is 0 Å². The van der Waals surface area contributed by atoms with Crippen LogP contribution in [0.1, 0.15) is 10.9 Å². The molecule has 0 aliphatic carbocycles. The van der Waals surface area contributed by atoms with Crippen LogP contribution in [0.15, 0.2) is 42.5 Å². The Bertz CT molecular complexity index is 708. The number of benzene rings is 2. The van der Waals surface area contributed by atoms with Crippen molar-refractivity contribution in [3.05, 3.63) is 58.9 Å². The van der Waals surface area contributed by atoms with Crippen LogP contribution in [0.5, 0.6) is 5.75 Å². The molecule has 2 aromatic rings. The van der Waals surface area contributed by atoms with Crippen molar-refractivity contribution in [2.75, 3.05) is 17.8 Å². The fraction of sp³-hybridized carbons (Fsp3) is 0.188. The summed E-state index contributed by atoms with van der Waals surface area (Å²) in [6.45, 7) is 0. The Labute approximate surface area is 137 Å². The molecule has 0 N–H and O–H groups in total. The smallest absolute Gasteiger partial charge is 0.238 e. The number of hydrogen-bond donors (Lipinski definition) is 0. The van der Waals surface area contributed by atoms with E-state index in [-0.39, 0.29) is 17.1 Å². The zero-order chi connectivity index (χ0) is 15.7. The fourth-order valence-electron chi connectivity index (χ4n) is 2.41. The summed E-state index contributed by atoms with van der Waals surface area (Å²) in [5.41, 5.74) is 1.48. The molecule has 6 heteroatoms. The van der Waals surface area contributed by atoms with E-state index in [0.717, 1.165) is 5.56 Å². The van der Waals surface area contributed by atoms with Crippen LogP contribution >= 0.6 is 23.4 Å². The predicted octanol–water partition coefficient (Wildman–Crippen LogP) is 4.27. The molecule has 3 rings (SSSR count). The molecule has 1 amide bonds. The van der Waals surface area contributed by atoms with Gasteiger partial charge in [0.1, 0.15) is 16.9 Å². The van der Waals surface area contributed by atoms with Crippen molar-refractivity contribution in [3.8, 4) is 5.75 Å². The van der Waals surface area contributed by atoms with E-state index in [1.165, 1.54) is 23.9 Å². The SMILES string of the molecule is COc1ccc(Cl)cc1N1C(=O)CSC1c1ccc(F)cc1. The highest BCUT2D eigenvalue weighted by atomic mass is 35.5. The Kier molecular flexibility index (Phi) is 4.27. The molecule has 0 aromatic heterocycles. The zero-order valence-corrected chi connectivity index (χ0v) is 13.3. The second-order valence-electron chi connectivity index (χ2n) is 4.79. The maximum absolute atomic E-state index is 13.1. The third kappa shape index (κ3) is 2.78. The minimum atomic E-state index is -0.301. The van der Waals surface area contributed by atoms with Crippen molar-refractivity contribution in [2.45, 2.75) is 5.37 Å². The summed E-state index contributed by atoms with van der Waals surface area (Å²) in [6.07, 6.45) is 0. The Morgan fingerprint density at radius 1 is 1.27 bits per heavy atom. The number of hydrogen-bond acceptors (Lipinski definition) is 3. The summed E-state index contributed by atoms with van der Waals surface area (Å²) in [7, 11) is 1.55. The van der Waals surface area contributed by atoms with E-state index in [1.807, 2.05) is 0 Å². The number of halogens is 2. The number of anilines is 1. The molecule has 1 fully saturated rings. The number of amides is 1. The molecule has 2 aromatic carbocycles. The van der Waals surface area contributed by atoms with E-state index in [4.69, 9.17) is 16.3 Å². The lowest BCUT2D eigenvalue weighted by atomic mass is 10.1. The van der Waals surface area contributed by atoms with Crippen molar-refractivity contribution in [3.63, 3.8) is 0 Å². The molecular weight excluding hydrogens is 325 g/mol. The molecular formula is C16H13ClFNO2S. The molecule has 0 radical (unpaired) electrons. The van der Waals surface area contributed by atoms with Gasteiger partial charge in [-0.2, -0.15) is 0 Å². The lowest BCUT2D eigenvalue weighted by Gasteiger charge is -2.26. The summed E-state index contributed by atoms with van der Waals surface area (Å²) in [6, 6.07) is 11.3. The van der Waals surface area contributed by atoms with Crippen molar-refractivity contribution >= 4 is 35.0 Å². The zero-order valence-electron chi connectivity index (χ0n) is 11.8. The van der Waals surface area contributed by atoms with Gasteiger partial charge in [0.2, 0.25) is 5.91 Å². The lowest BCUT2D eigenvalue weighted by molar-refractivity contribution is -0.115. The Morgan fingerprint density at radius 2 is 2.00 bits per heavy atom. The average molecular weight is 338 g/mol. The lowest BCUT2D eigenvalue weighted by Crippen LogP contribution is -2.28. The van der Waals surface area contributed by atoms with E-state index in [1.54, 1.807) is 42.3 Å². The second kappa shape index (κ2) is 6.18. The maximum atomic E-state index is 13.1. The summed E-state index contributed by atoms with van der Waals surface area (Å²) in [5, 5.41) is 0.304. The van der Waals surface area contributed by atoms with Crippen LogP contribution in [-0.2, 0) is 4.79 Å². The van der Waals surface area contributed by atoms with Crippen LogP contribution in [-0.4, -0.2) is 18.8 Å². The maximum Gasteiger partial charge on any atom is 0.238 e. The second-order valence-corrected chi connectivity index (χ2v) is 6.30. The molecule has 22 heavy (non-hydrogen) atoms. The number of methoxy groups -OCH3 is 1. The fourth-order valence-corrected chi connectivity index (χ4v) is 3.75. The van der Waals surface area contributed by atoms with Crippen LogP contribution in [0.2, 0.25) is 5.02 Å². The molecule has 114 valence electrons. The molecule has 0 spiro atoms. The number of nitrogens with zero attached hydrogens (tertiary/aromatic N) is 1. The van der Waals surface area contributed by atoms with E-state index in [0.29, 0.717) is 22.2 Å². The highest BCUT2D eigenvalue weighted by molar-refractivity contribution is 8.00. The quantitative estimate of drug-likeness (QED) is 0.837. The third-order valence-electron chi connectivity index (χ3n) is 3.42. The Hall–Kier alpha value is -1.72. The molecule has 1 aliphatic heterocycles. The van der Waals surface area contributed by atoms with Crippen LogP contribution in [0.25, 0.3) is 0 Å². The standard InChI is InChI=1S/C16H13ClFNO2S/c1-21-14-7-4-11(17)8-13(14)19-15(20)9-22-16(19)10-2-5-12(18)6-3-10/h2-8,16H,9H2,1H3. The first-order valence-electron chi connectivity index (χ1n) is 6.63. The topological polar surface area (TPSA) is 29.5 Å². The van der Waals surface area contributed by atoms with Crippen molar-refractivity contribution in [1.82, 2.24) is 0 Å². The molecule has 1 aliphatic rings. The Balaban J connectivity index is 2.05. The molecule has 0 bridgehead atoms. The van der Waals surface area contributed by atoms with Gasteiger partial charge in [0, 0.05) is 5.02 Å². The molecule has 3 nitrogen and oxygen atoms in total. The van der Waals surface area contributed by atoms with Gasteiger partial charge < -0.3 is 4.74 Å². The largest absolute Gasteiger partial charge is 0.495 e. The van der Waals surface area contributed by atoms with Crippen LogP contribution in [0.4, 0.5) is 10.1 Å². The molecule has 1 atom stereocenters. The van der Waals surface area contributed by atoms with Crippen LogP contribution < -0.4 is 9.64 Å². The van der Waals surface area contributed by atoms with Crippen molar-refractivity contribution < 1.29 is 13.9 Å². The van der Waals surface area contributed by atoms with Gasteiger partial charge in [-0.05, 0) is 35.9 Å². The van der Waals surface area contributed by atoms with Gasteiger partial charge in [-0.3, -0.25) is 9.69 Å². The third-order valence-corrected chi connectivity index (χ3v) is 4.87. The van der Waals surface area contributed by atoms with Crippen molar-refractivity contribution in [1.29, 1.82) is 0 Å². The average Bonchev–Trinajstić information content (AvgIpc) is 2.89. The first-order valence-corrected chi connectivity index (χ1v) is 8.05. The first-order chi connectivity index (χ1) is 10.6. The summed E-state index contributed by atoms with van der Waals surface area (Å²) in [5.74, 6) is 0.606. The minimum Gasteiger partial charge on any atom is -0.495 e. The monoisotopic (exact) mass is 337 g/mol. The highest BCUT2D eigenvalue weighted by Crippen LogP contribution is 2.45. The number of rotatable bonds is 3. The van der Waals surface area contributed by atoms with Gasteiger partial charge in [-0.1, -0.05) is 23.7 Å². The molecule has 1 unspecified atom stereocenters. The number of ether oxygens (including phenoxy) is 1. The molecule has 0 saturated carbocycles. The molecule has 1 heterocycles. The summed E-state index contributed by atoms with van der Waals surface area (Å²) < 4.78 is 18.5. The normalized spacial score (nSPS) is 17.9. The predicted molar refractivity (Wildman–Crippen MR) is 87.1 cm³/mol. The van der Waals surface area contributed by atoms with Gasteiger partial charge >= 0.3 is 0 Å². The number of carbonyl (C=O) groups excluding carboxylic acids is 1. The number of carbonyl (C=O) groups is 1. The molecule has 1 saturated heterocycles. The van der Waals surface area contributed by atoms with Gasteiger partial charge in [0.25, 0.3) is 0 Å². The highest BCUT2D eigenvalue weighted by Gasteiger charge is 2.35. The van der Waals surface area contributed by atoms with Crippen molar-refractivity contribution in [2.24, 2.45) is 0 Å².